The van der Waals surface area contributed by atoms with Crippen molar-refractivity contribution in [3.05, 3.63) is 69.3 Å². The molecular formula is C21H21BrN2O2. The third kappa shape index (κ3) is 2.95. The van der Waals surface area contributed by atoms with Gasteiger partial charge in [0.1, 0.15) is 6.04 Å². The normalized spacial score (nSPS) is 19.7. The molecule has 2 atom stereocenters. The molecule has 3 aromatic rings. The van der Waals surface area contributed by atoms with E-state index in [-0.39, 0.29) is 6.04 Å². The topological polar surface area (TPSA) is 65.1 Å². The third-order valence-electron chi connectivity index (χ3n) is 5.20. The first-order valence-corrected chi connectivity index (χ1v) is 9.62. The van der Waals surface area contributed by atoms with Crippen molar-refractivity contribution in [1.29, 1.82) is 0 Å². The summed E-state index contributed by atoms with van der Waals surface area (Å²) < 4.78 is 0.995. The highest BCUT2D eigenvalue weighted by Gasteiger charge is 2.33. The fourth-order valence-corrected chi connectivity index (χ4v) is 4.11. The van der Waals surface area contributed by atoms with Crippen LogP contribution in [0.3, 0.4) is 0 Å². The Morgan fingerprint density at radius 1 is 1.19 bits per heavy atom. The average molecular weight is 413 g/mol. The summed E-state index contributed by atoms with van der Waals surface area (Å²) in [5.41, 5.74) is 5.54. The molecule has 2 aromatic carbocycles. The van der Waals surface area contributed by atoms with E-state index < -0.39 is 12.0 Å². The van der Waals surface area contributed by atoms with Crippen molar-refractivity contribution >= 4 is 32.8 Å². The molecule has 0 fully saturated rings. The molecule has 26 heavy (non-hydrogen) atoms. The van der Waals surface area contributed by atoms with Crippen LogP contribution in [0.15, 0.2) is 46.9 Å². The number of nitrogens with one attached hydrogen (secondary N) is 2. The molecule has 0 unspecified atom stereocenters. The summed E-state index contributed by atoms with van der Waals surface area (Å²) in [4.78, 5) is 15.2. The molecule has 0 spiro atoms. The Labute approximate surface area is 160 Å². The monoisotopic (exact) mass is 412 g/mol. The first-order chi connectivity index (χ1) is 12.4. The molecule has 0 saturated heterocycles. The van der Waals surface area contributed by atoms with E-state index in [1.807, 2.05) is 12.1 Å². The molecule has 1 aliphatic rings. The van der Waals surface area contributed by atoms with Crippen molar-refractivity contribution < 1.29 is 9.90 Å². The van der Waals surface area contributed by atoms with E-state index in [0.717, 1.165) is 32.2 Å². The highest BCUT2D eigenvalue weighted by atomic mass is 79.9. The Bertz CT molecular complexity index is 976. The maximum atomic E-state index is 11.7. The van der Waals surface area contributed by atoms with Gasteiger partial charge in [-0.2, -0.15) is 0 Å². The van der Waals surface area contributed by atoms with E-state index in [1.54, 1.807) is 0 Å². The number of H-pyrrole nitrogens is 1. The number of carboxylic acids is 1. The number of halogens is 1. The summed E-state index contributed by atoms with van der Waals surface area (Å²) in [7, 11) is 0. The fourth-order valence-electron chi connectivity index (χ4n) is 3.75. The van der Waals surface area contributed by atoms with Gasteiger partial charge in [-0.15, -0.1) is 0 Å². The minimum Gasteiger partial charge on any atom is -0.480 e. The van der Waals surface area contributed by atoms with Gasteiger partial charge in [0, 0.05) is 27.5 Å². The average Bonchev–Trinajstić information content (AvgIpc) is 2.99. The standard InChI is InChI=1S/C21H21BrN2O2/c1-11(2)12-3-5-13(6-4-12)19-20-16(10-18(24-19)21(25)26)15-9-14(22)7-8-17(15)23-20/h3-9,11,18-19,23-24H,10H2,1-2H3,(H,25,26)/t18-,19-/m1/s1. The number of carbonyl (C=O) groups is 1. The van der Waals surface area contributed by atoms with E-state index in [4.69, 9.17) is 0 Å². The minimum atomic E-state index is -0.816. The number of carboxylic acid groups (broad SMARTS) is 1. The summed E-state index contributed by atoms with van der Waals surface area (Å²) in [6.45, 7) is 4.34. The van der Waals surface area contributed by atoms with Crippen molar-refractivity contribution in [2.75, 3.05) is 0 Å². The first-order valence-electron chi connectivity index (χ1n) is 8.82. The molecule has 0 radical (unpaired) electrons. The number of fused-ring (bicyclic) bond motifs is 3. The van der Waals surface area contributed by atoms with Crippen molar-refractivity contribution in [3.63, 3.8) is 0 Å². The van der Waals surface area contributed by atoms with Gasteiger partial charge in [-0.05, 0) is 40.8 Å². The molecule has 0 saturated carbocycles. The van der Waals surface area contributed by atoms with E-state index in [2.05, 4.69) is 70.4 Å². The second kappa shape index (κ2) is 6.56. The lowest BCUT2D eigenvalue weighted by Gasteiger charge is -2.29. The van der Waals surface area contributed by atoms with E-state index in [0.29, 0.717) is 12.3 Å². The van der Waals surface area contributed by atoms with E-state index >= 15 is 0 Å². The summed E-state index contributed by atoms with van der Waals surface area (Å²) >= 11 is 3.52. The molecule has 0 aliphatic carbocycles. The molecule has 1 aromatic heterocycles. The lowest BCUT2D eigenvalue weighted by Crippen LogP contribution is -2.44. The van der Waals surface area contributed by atoms with Crippen molar-refractivity contribution in [2.24, 2.45) is 0 Å². The predicted octanol–water partition coefficient (Wildman–Crippen LogP) is 4.74. The van der Waals surface area contributed by atoms with Gasteiger partial charge in [0.15, 0.2) is 0 Å². The van der Waals surface area contributed by atoms with Crippen molar-refractivity contribution in [3.8, 4) is 0 Å². The number of aliphatic carboxylic acids is 1. The second-order valence-corrected chi connectivity index (χ2v) is 8.14. The number of rotatable bonds is 3. The number of hydrogen-bond donors (Lipinski definition) is 3. The maximum Gasteiger partial charge on any atom is 0.321 e. The Morgan fingerprint density at radius 3 is 2.58 bits per heavy atom. The lowest BCUT2D eigenvalue weighted by atomic mass is 9.89. The summed E-state index contributed by atoms with van der Waals surface area (Å²) in [6.07, 6.45) is 0.474. The molecule has 1 aliphatic heterocycles. The van der Waals surface area contributed by atoms with Gasteiger partial charge in [0.2, 0.25) is 0 Å². The highest BCUT2D eigenvalue weighted by Crippen LogP contribution is 2.36. The summed E-state index contributed by atoms with van der Waals surface area (Å²) in [5.74, 6) is -0.347. The zero-order valence-corrected chi connectivity index (χ0v) is 16.3. The Balaban J connectivity index is 1.84. The fraction of sp³-hybridized carbons (Fsp3) is 0.286. The predicted molar refractivity (Wildman–Crippen MR) is 107 cm³/mol. The lowest BCUT2D eigenvalue weighted by molar-refractivity contribution is -0.139. The van der Waals surface area contributed by atoms with E-state index in [1.165, 1.54) is 5.56 Å². The number of aromatic amines is 1. The van der Waals surface area contributed by atoms with Gasteiger partial charge in [0.25, 0.3) is 0 Å². The molecule has 0 bridgehead atoms. The zero-order valence-electron chi connectivity index (χ0n) is 14.7. The highest BCUT2D eigenvalue weighted by molar-refractivity contribution is 9.10. The van der Waals surface area contributed by atoms with Gasteiger partial charge in [-0.1, -0.05) is 54.0 Å². The van der Waals surface area contributed by atoms with Crippen LogP contribution >= 0.6 is 15.9 Å². The smallest absolute Gasteiger partial charge is 0.321 e. The molecule has 134 valence electrons. The van der Waals surface area contributed by atoms with Crippen LogP contribution in [-0.2, 0) is 11.2 Å². The van der Waals surface area contributed by atoms with Gasteiger partial charge >= 0.3 is 5.97 Å². The molecule has 3 N–H and O–H groups in total. The van der Waals surface area contributed by atoms with Gasteiger partial charge in [0.05, 0.1) is 6.04 Å². The number of benzene rings is 2. The quantitative estimate of drug-likeness (QED) is 0.581. The van der Waals surface area contributed by atoms with E-state index in [9.17, 15) is 9.90 Å². The molecule has 5 heteroatoms. The van der Waals surface area contributed by atoms with Crippen molar-refractivity contribution in [2.45, 2.75) is 38.3 Å². The largest absolute Gasteiger partial charge is 0.480 e. The molecule has 4 rings (SSSR count). The summed E-state index contributed by atoms with van der Waals surface area (Å²) in [5, 5.41) is 14.0. The molecule has 4 nitrogen and oxygen atoms in total. The van der Waals surface area contributed by atoms with Crippen LogP contribution < -0.4 is 5.32 Å². The van der Waals surface area contributed by atoms with Crippen LogP contribution in [0.5, 0.6) is 0 Å². The zero-order chi connectivity index (χ0) is 18.4. The van der Waals surface area contributed by atoms with Crippen LogP contribution in [0.4, 0.5) is 0 Å². The maximum absolute atomic E-state index is 11.7. The minimum absolute atomic E-state index is 0.160. The first kappa shape index (κ1) is 17.3. The molecular weight excluding hydrogens is 392 g/mol. The van der Waals surface area contributed by atoms with Crippen LogP contribution in [-0.4, -0.2) is 22.1 Å². The SMILES string of the molecule is CC(C)c1ccc([C@H]2N[C@@H](C(=O)O)Cc3c2[nH]c2ccc(Br)cc32)cc1. The Hall–Kier alpha value is -2.11. The number of aromatic nitrogens is 1. The Kier molecular flexibility index (Phi) is 4.37. The second-order valence-electron chi connectivity index (χ2n) is 7.22. The van der Waals surface area contributed by atoms with Crippen LogP contribution in [0.1, 0.15) is 48.2 Å². The third-order valence-corrected chi connectivity index (χ3v) is 5.69. The Morgan fingerprint density at radius 2 is 1.92 bits per heavy atom. The van der Waals surface area contributed by atoms with Gasteiger partial charge in [-0.3, -0.25) is 10.1 Å². The van der Waals surface area contributed by atoms with Crippen LogP contribution in [0, 0.1) is 0 Å². The van der Waals surface area contributed by atoms with Crippen molar-refractivity contribution in [1.82, 2.24) is 10.3 Å². The van der Waals surface area contributed by atoms with Crippen LogP contribution in [0.25, 0.3) is 10.9 Å². The number of hydrogen-bond acceptors (Lipinski definition) is 2. The van der Waals surface area contributed by atoms with Gasteiger partial charge < -0.3 is 10.1 Å². The molecule has 0 amide bonds. The van der Waals surface area contributed by atoms with Gasteiger partial charge in [-0.25, -0.2) is 0 Å². The van der Waals surface area contributed by atoms with Crippen LogP contribution in [0.2, 0.25) is 0 Å². The molecule has 2 heterocycles. The summed E-state index contributed by atoms with van der Waals surface area (Å²) in [6, 6.07) is 13.8.